The average Bonchev–Trinajstić information content (AvgIpc) is 2.84. The van der Waals surface area contributed by atoms with Gasteiger partial charge in [-0.05, 0) is 36.6 Å². The molecule has 1 saturated heterocycles. The Hall–Kier alpha value is -1.07. The maximum absolute atomic E-state index is 11.4. The SMILES string of the molecule is CC(C)[C@H]1OCC[C@@H]1CNc1ccc(S(C)(=O)=O)cc1. The third-order valence-electron chi connectivity index (χ3n) is 3.77. The van der Waals surface area contributed by atoms with Crippen molar-refractivity contribution in [3.63, 3.8) is 0 Å². The zero-order chi connectivity index (χ0) is 14.8. The second-order valence-corrected chi connectivity index (χ2v) is 7.82. The molecular formula is C15H23NO3S. The van der Waals surface area contributed by atoms with Crippen molar-refractivity contribution in [1.82, 2.24) is 0 Å². The Bertz CT molecular complexity index is 537. The Labute approximate surface area is 121 Å². The van der Waals surface area contributed by atoms with Gasteiger partial charge in [-0.15, -0.1) is 0 Å². The molecular weight excluding hydrogens is 274 g/mol. The van der Waals surface area contributed by atoms with Crippen molar-refractivity contribution in [2.45, 2.75) is 31.3 Å². The van der Waals surface area contributed by atoms with Gasteiger partial charge in [0.25, 0.3) is 0 Å². The first-order chi connectivity index (χ1) is 9.38. The highest BCUT2D eigenvalue weighted by Crippen LogP contribution is 2.27. The summed E-state index contributed by atoms with van der Waals surface area (Å²) in [6, 6.07) is 6.92. The third-order valence-corrected chi connectivity index (χ3v) is 4.90. The maximum atomic E-state index is 11.4. The third kappa shape index (κ3) is 3.73. The van der Waals surface area contributed by atoms with Gasteiger partial charge in [0.2, 0.25) is 0 Å². The molecule has 1 heterocycles. The van der Waals surface area contributed by atoms with E-state index < -0.39 is 9.84 Å². The molecule has 0 amide bonds. The molecule has 0 aromatic heterocycles. The van der Waals surface area contributed by atoms with Crippen LogP contribution < -0.4 is 5.32 Å². The summed E-state index contributed by atoms with van der Waals surface area (Å²) >= 11 is 0. The molecule has 1 aromatic rings. The number of rotatable bonds is 5. The van der Waals surface area contributed by atoms with E-state index in [0.717, 1.165) is 25.3 Å². The molecule has 4 nitrogen and oxygen atoms in total. The predicted octanol–water partition coefficient (Wildman–Crippen LogP) is 2.56. The van der Waals surface area contributed by atoms with Crippen molar-refractivity contribution in [2.24, 2.45) is 11.8 Å². The molecule has 1 aromatic carbocycles. The number of sulfone groups is 1. The highest BCUT2D eigenvalue weighted by molar-refractivity contribution is 7.90. The number of ether oxygens (including phenoxy) is 1. The fraction of sp³-hybridized carbons (Fsp3) is 0.600. The number of hydrogen-bond donors (Lipinski definition) is 1. The van der Waals surface area contributed by atoms with Crippen LogP contribution in [0.15, 0.2) is 29.2 Å². The molecule has 20 heavy (non-hydrogen) atoms. The highest BCUT2D eigenvalue weighted by atomic mass is 32.2. The Morgan fingerprint density at radius 2 is 1.95 bits per heavy atom. The van der Waals surface area contributed by atoms with Crippen LogP contribution in [0.3, 0.4) is 0 Å². The van der Waals surface area contributed by atoms with Crippen LogP contribution in [-0.4, -0.2) is 33.9 Å². The van der Waals surface area contributed by atoms with E-state index in [-0.39, 0.29) is 0 Å². The second-order valence-electron chi connectivity index (χ2n) is 5.81. The molecule has 0 saturated carbocycles. The van der Waals surface area contributed by atoms with Crippen LogP contribution in [0.25, 0.3) is 0 Å². The van der Waals surface area contributed by atoms with E-state index in [0.29, 0.717) is 22.8 Å². The molecule has 2 atom stereocenters. The van der Waals surface area contributed by atoms with Crippen LogP contribution in [0.1, 0.15) is 20.3 Å². The van der Waals surface area contributed by atoms with Crippen molar-refractivity contribution in [1.29, 1.82) is 0 Å². The van der Waals surface area contributed by atoms with E-state index in [2.05, 4.69) is 19.2 Å². The molecule has 112 valence electrons. The minimum absolute atomic E-state index is 0.317. The standard InChI is InChI=1S/C15H23NO3S/c1-11(2)15-12(8-9-19-15)10-16-13-4-6-14(7-5-13)20(3,17)18/h4-7,11-12,15-16H,8-10H2,1-3H3/t12-,15-/m1/s1. The number of benzene rings is 1. The van der Waals surface area contributed by atoms with Gasteiger partial charge in [0.15, 0.2) is 9.84 Å². The summed E-state index contributed by atoms with van der Waals surface area (Å²) in [4.78, 5) is 0.354. The molecule has 0 bridgehead atoms. The monoisotopic (exact) mass is 297 g/mol. The predicted molar refractivity (Wildman–Crippen MR) is 80.7 cm³/mol. The second kappa shape index (κ2) is 6.14. The van der Waals surface area contributed by atoms with Crippen LogP contribution >= 0.6 is 0 Å². The Morgan fingerprint density at radius 3 is 2.50 bits per heavy atom. The minimum atomic E-state index is -3.12. The van der Waals surface area contributed by atoms with Crippen molar-refractivity contribution < 1.29 is 13.2 Å². The lowest BCUT2D eigenvalue weighted by Gasteiger charge is -2.22. The van der Waals surface area contributed by atoms with Crippen LogP contribution in [0.4, 0.5) is 5.69 Å². The van der Waals surface area contributed by atoms with Gasteiger partial charge in [-0.2, -0.15) is 0 Å². The molecule has 2 rings (SSSR count). The summed E-state index contributed by atoms with van der Waals surface area (Å²) < 4.78 is 28.5. The van der Waals surface area contributed by atoms with E-state index in [1.807, 2.05) is 12.1 Å². The molecule has 1 fully saturated rings. The lowest BCUT2D eigenvalue weighted by Crippen LogP contribution is -2.27. The van der Waals surface area contributed by atoms with Gasteiger partial charge >= 0.3 is 0 Å². The molecule has 0 aliphatic carbocycles. The van der Waals surface area contributed by atoms with E-state index in [1.54, 1.807) is 12.1 Å². The lowest BCUT2D eigenvalue weighted by molar-refractivity contribution is 0.0566. The highest BCUT2D eigenvalue weighted by Gasteiger charge is 2.30. The minimum Gasteiger partial charge on any atom is -0.385 e. The van der Waals surface area contributed by atoms with Crippen LogP contribution in [0.5, 0.6) is 0 Å². The van der Waals surface area contributed by atoms with Gasteiger partial charge in [-0.25, -0.2) is 8.42 Å². The summed E-state index contributed by atoms with van der Waals surface area (Å²) in [6.07, 6.45) is 2.62. The van der Waals surface area contributed by atoms with Gasteiger partial charge in [0.05, 0.1) is 11.0 Å². The normalized spacial score (nSPS) is 23.2. The summed E-state index contributed by atoms with van der Waals surface area (Å²) in [5.41, 5.74) is 0.951. The van der Waals surface area contributed by atoms with E-state index in [4.69, 9.17) is 4.74 Å². The number of hydrogen-bond acceptors (Lipinski definition) is 4. The van der Waals surface area contributed by atoms with Crippen molar-refractivity contribution in [3.8, 4) is 0 Å². The van der Waals surface area contributed by atoms with E-state index in [1.165, 1.54) is 6.26 Å². The van der Waals surface area contributed by atoms with Crippen molar-refractivity contribution in [3.05, 3.63) is 24.3 Å². The molecule has 0 spiro atoms. The zero-order valence-corrected chi connectivity index (χ0v) is 13.1. The lowest BCUT2D eigenvalue weighted by atomic mass is 9.93. The summed E-state index contributed by atoms with van der Waals surface area (Å²) in [5.74, 6) is 1.04. The van der Waals surface area contributed by atoms with Gasteiger partial charge in [0.1, 0.15) is 0 Å². The Morgan fingerprint density at radius 1 is 1.30 bits per heavy atom. The molecule has 0 unspecified atom stereocenters. The molecule has 1 aliphatic rings. The largest absolute Gasteiger partial charge is 0.385 e. The fourth-order valence-electron chi connectivity index (χ4n) is 2.68. The first-order valence-corrected chi connectivity index (χ1v) is 8.92. The summed E-state index contributed by atoms with van der Waals surface area (Å²) in [7, 11) is -3.12. The molecule has 0 radical (unpaired) electrons. The first kappa shape index (κ1) is 15.3. The number of nitrogens with one attached hydrogen (secondary N) is 1. The van der Waals surface area contributed by atoms with Crippen molar-refractivity contribution in [2.75, 3.05) is 24.7 Å². The van der Waals surface area contributed by atoms with E-state index >= 15 is 0 Å². The van der Waals surface area contributed by atoms with Gasteiger partial charge in [-0.3, -0.25) is 0 Å². The topological polar surface area (TPSA) is 55.4 Å². The zero-order valence-electron chi connectivity index (χ0n) is 12.3. The quantitative estimate of drug-likeness (QED) is 0.907. The molecule has 5 heteroatoms. The number of anilines is 1. The van der Waals surface area contributed by atoms with Gasteiger partial charge < -0.3 is 10.1 Å². The van der Waals surface area contributed by atoms with Crippen LogP contribution in [0, 0.1) is 11.8 Å². The average molecular weight is 297 g/mol. The Balaban J connectivity index is 1.94. The summed E-state index contributed by atoms with van der Waals surface area (Å²) in [6.45, 7) is 6.07. The Kier molecular flexibility index (Phi) is 4.70. The smallest absolute Gasteiger partial charge is 0.175 e. The van der Waals surface area contributed by atoms with Crippen LogP contribution in [0.2, 0.25) is 0 Å². The van der Waals surface area contributed by atoms with Gasteiger partial charge in [-0.1, -0.05) is 13.8 Å². The van der Waals surface area contributed by atoms with Gasteiger partial charge in [0, 0.05) is 31.0 Å². The summed E-state index contributed by atoms with van der Waals surface area (Å²) in [5, 5.41) is 3.38. The van der Waals surface area contributed by atoms with Crippen LogP contribution in [-0.2, 0) is 14.6 Å². The fourth-order valence-corrected chi connectivity index (χ4v) is 3.31. The maximum Gasteiger partial charge on any atom is 0.175 e. The first-order valence-electron chi connectivity index (χ1n) is 7.03. The molecule has 1 N–H and O–H groups in total. The van der Waals surface area contributed by atoms with E-state index in [9.17, 15) is 8.42 Å². The van der Waals surface area contributed by atoms with Crippen molar-refractivity contribution >= 4 is 15.5 Å². The molecule has 1 aliphatic heterocycles.